The monoisotopic (exact) mass is 253 g/mol. The Morgan fingerprint density at radius 1 is 1.17 bits per heavy atom. The molecule has 0 spiro atoms. The van der Waals surface area contributed by atoms with Crippen LogP contribution in [0.1, 0.15) is 25.7 Å². The van der Waals surface area contributed by atoms with Gasteiger partial charge in [-0.1, -0.05) is 12.2 Å². The predicted molar refractivity (Wildman–Crippen MR) is 64.8 cm³/mol. The number of allylic oxidation sites excluding steroid dienone is 2. The van der Waals surface area contributed by atoms with Crippen molar-refractivity contribution in [1.82, 2.24) is 4.90 Å². The van der Waals surface area contributed by atoms with E-state index in [1.807, 2.05) is 12.2 Å². The van der Waals surface area contributed by atoms with Crippen LogP contribution in [0.5, 0.6) is 0 Å². The van der Waals surface area contributed by atoms with Gasteiger partial charge in [-0.2, -0.15) is 0 Å². The van der Waals surface area contributed by atoms with Gasteiger partial charge in [-0.3, -0.25) is 9.59 Å². The lowest BCUT2D eigenvalue weighted by molar-refractivity contribution is -0.151. The number of aliphatic carboxylic acids is 1. The van der Waals surface area contributed by atoms with E-state index in [2.05, 4.69) is 0 Å². The molecule has 0 aliphatic heterocycles. The molecule has 2 unspecified atom stereocenters. The number of hydrogen-bond donors (Lipinski definition) is 2. The Labute approximate surface area is 106 Å². The van der Waals surface area contributed by atoms with Crippen molar-refractivity contribution >= 4 is 11.9 Å². The van der Waals surface area contributed by atoms with Gasteiger partial charge in [0.1, 0.15) is 0 Å². The van der Waals surface area contributed by atoms with Crippen LogP contribution in [0.3, 0.4) is 0 Å². The maximum absolute atomic E-state index is 12.4. The third-order valence-electron chi connectivity index (χ3n) is 3.68. The minimum atomic E-state index is -0.905. The average molecular weight is 253 g/mol. The van der Waals surface area contributed by atoms with Gasteiger partial charge in [0.25, 0.3) is 0 Å². The third kappa shape index (κ3) is 2.72. The van der Waals surface area contributed by atoms with Crippen molar-refractivity contribution in [3.63, 3.8) is 0 Å². The molecule has 0 heterocycles. The number of carboxylic acid groups (broad SMARTS) is 1. The fourth-order valence-corrected chi connectivity index (χ4v) is 2.54. The first kappa shape index (κ1) is 13.1. The van der Waals surface area contributed by atoms with E-state index in [0.717, 1.165) is 12.8 Å². The molecule has 0 radical (unpaired) electrons. The maximum atomic E-state index is 12.4. The van der Waals surface area contributed by atoms with Crippen LogP contribution in [-0.2, 0) is 9.59 Å². The number of carbonyl (C=O) groups is 2. The first-order valence-corrected chi connectivity index (χ1v) is 6.44. The Balaban J connectivity index is 2.09. The zero-order chi connectivity index (χ0) is 13.1. The van der Waals surface area contributed by atoms with Gasteiger partial charge in [0.2, 0.25) is 5.91 Å². The van der Waals surface area contributed by atoms with Gasteiger partial charge in [-0.25, -0.2) is 0 Å². The molecule has 0 aromatic heterocycles. The lowest BCUT2D eigenvalue weighted by Crippen LogP contribution is -2.44. The molecule has 1 amide bonds. The normalized spacial score (nSPS) is 26.9. The number of carbonyl (C=O) groups excluding carboxylic acids is 1. The van der Waals surface area contributed by atoms with Crippen LogP contribution in [0.4, 0.5) is 0 Å². The zero-order valence-corrected chi connectivity index (χ0v) is 10.3. The average Bonchev–Trinajstić information content (AvgIpc) is 3.19. The van der Waals surface area contributed by atoms with E-state index >= 15 is 0 Å². The Kier molecular flexibility index (Phi) is 4.01. The molecule has 2 rings (SSSR count). The molecule has 0 saturated heterocycles. The van der Waals surface area contributed by atoms with Crippen LogP contribution in [0.25, 0.3) is 0 Å². The Bertz CT molecular complexity index is 362. The minimum Gasteiger partial charge on any atom is -0.481 e. The fraction of sp³-hybridized carbons (Fsp3) is 0.692. The Morgan fingerprint density at radius 3 is 2.28 bits per heavy atom. The predicted octanol–water partition coefficient (Wildman–Crippen LogP) is 0.637. The van der Waals surface area contributed by atoms with E-state index < -0.39 is 17.8 Å². The second-order valence-electron chi connectivity index (χ2n) is 4.98. The van der Waals surface area contributed by atoms with Crippen molar-refractivity contribution in [3.05, 3.63) is 12.2 Å². The Hall–Kier alpha value is -1.36. The molecule has 5 nitrogen and oxygen atoms in total. The largest absolute Gasteiger partial charge is 0.481 e. The summed E-state index contributed by atoms with van der Waals surface area (Å²) in [6, 6.07) is 0.213. The van der Waals surface area contributed by atoms with Crippen molar-refractivity contribution in [3.8, 4) is 0 Å². The summed E-state index contributed by atoms with van der Waals surface area (Å²) in [5.41, 5.74) is 0. The van der Waals surface area contributed by atoms with E-state index in [4.69, 9.17) is 10.2 Å². The summed E-state index contributed by atoms with van der Waals surface area (Å²) in [5.74, 6) is -2.11. The van der Waals surface area contributed by atoms with Crippen molar-refractivity contribution in [2.45, 2.75) is 31.7 Å². The number of aliphatic hydroxyl groups excluding tert-OH is 1. The highest BCUT2D eigenvalue weighted by atomic mass is 16.4. The van der Waals surface area contributed by atoms with E-state index in [0.29, 0.717) is 19.4 Å². The van der Waals surface area contributed by atoms with Crippen LogP contribution in [0, 0.1) is 11.8 Å². The first-order valence-electron chi connectivity index (χ1n) is 6.44. The van der Waals surface area contributed by atoms with E-state index in [1.165, 1.54) is 0 Å². The maximum Gasteiger partial charge on any atom is 0.307 e. The first-order chi connectivity index (χ1) is 8.65. The van der Waals surface area contributed by atoms with Crippen LogP contribution >= 0.6 is 0 Å². The third-order valence-corrected chi connectivity index (χ3v) is 3.68. The molecule has 18 heavy (non-hydrogen) atoms. The smallest absolute Gasteiger partial charge is 0.307 e. The minimum absolute atomic E-state index is 0.0669. The van der Waals surface area contributed by atoms with E-state index in [1.54, 1.807) is 4.90 Å². The molecule has 0 aromatic carbocycles. The van der Waals surface area contributed by atoms with Crippen molar-refractivity contribution in [2.24, 2.45) is 11.8 Å². The fourth-order valence-electron chi connectivity index (χ4n) is 2.54. The molecular weight excluding hydrogens is 234 g/mol. The number of aliphatic hydroxyl groups is 1. The summed E-state index contributed by atoms with van der Waals surface area (Å²) in [7, 11) is 0. The SMILES string of the molecule is O=C(O)C1CC=CCC1C(=O)N(CCO)C1CC1. The second kappa shape index (κ2) is 5.52. The zero-order valence-electron chi connectivity index (χ0n) is 10.3. The number of carboxylic acids is 1. The van der Waals surface area contributed by atoms with Crippen molar-refractivity contribution in [2.75, 3.05) is 13.2 Å². The molecule has 2 N–H and O–H groups in total. The summed E-state index contributed by atoms with van der Waals surface area (Å²) in [4.78, 5) is 25.2. The van der Waals surface area contributed by atoms with Gasteiger partial charge in [0.05, 0.1) is 18.4 Å². The van der Waals surface area contributed by atoms with E-state index in [9.17, 15) is 9.59 Å². The molecule has 1 saturated carbocycles. The molecule has 0 bridgehead atoms. The standard InChI is InChI=1S/C13H19NO4/c15-8-7-14(9-5-6-9)12(16)10-3-1-2-4-11(10)13(17)18/h1-2,9-11,15H,3-8H2,(H,17,18). The highest BCUT2D eigenvalue weighted by Crippen LogP contribution is 2.33. The molecule has 5 heteroatoms. The number of amides is 1. The highest BCUT2D eigenvalue weighted by Gasteiger charge is 2.40. The molecule has 100 valence electrons. The summed E-state index contributed by atoms with van der Waals surface area (Å²) < 4.78 is 0. The van der Waals surface area contributed by atoms with Crippen LogP contribution in [0.2, 0.25) is 0 Å². The molecule has 0 aromatic rings. The molecule has 2 aliphatic rings. The number of rotatable bonds is 5. The lowest BCUT2D eigenvalue weighted by Gasteiger charge is -2.30. The summed E-state index contributed by atoms with van der Waals surface area (Å²) in [5, 5.41) is 18.2. The quantitative estimate of drug-likeness (QED) is 0.705. The van der Waals surface area contributed by atoms with Crippen molar-refractivity contribution < 1.29 is 19.8 Å². The summed E-state index contributed by atoms with van der Waals surface area (Å²) >= 11 is 0. The summed E-state index contributed by atoms with van der Waals surface area (Å²) in [6.07, 6.45) is 6.55. The molecular formula is C13H19NO4. The Morgan fingerprint density at radius 2 is 1.78 bits per heavy atom. The van der Waals surface area contributed by atoms with Gasteiger partial charge in [-0.05, 0) is 25.7 Å². The molecule has 1 fully saturated rings. The van der Waals surface area contributed by atoms with E-state index in [-0.39, 0.29) is 18.6 Å². The molecule has 2 aliphatic carbocycles. The van der Waals surface area contributed by atoms with Crippen LogP contribution in [0.15, 0.2) is 12.2 Å². The van der Waals surface area contributed by atoms with Crippen LogP contribution < -0.4 is 0 Å². The lowest BCUT2D eigenvalue weighted by atomic mass is 9.82. The van der Waals surface area contributed by atoms with Gasteiger partial charge in [-0.15, -0.1) is 0 Å². The topological polar surface area (TPSA) is 77.8 Å². The number of hydrogen-bond acceptors (Lipinski definition) is 3. The highest BCUT2D eigenvalue weighted by molar-refractivity contribution is 5.85. The van der Waals surface area contributed by atoms with Gasteiger partial charge in [0.15, 0.2) is 0 Å². The van der Waals surface area contributed by atoms with Crippen LogP contribution in [-0.4, -0.2) is 46.2 Å². The van der Waals surface area contributed by atoms with Gasteiger partial charge >= 0.3 is 5.97 Å². The summed E-state index contributed by atoms with van der Waals surface area (Å²) in [6.45, 7) is 0.249. The second-order valence-corrected chi connectivity index (χ2v) is 4.98. The van der Waals surface area contributed by atoms with Crippen molar-refractivity contribution in [1.29, 1.82) is 0 Å². The van der Waals surface area contributed by atoms with Gasteiger partial charge < -0.3 is 15.1 Å². The molecule has 2 atom stereocenters. The van der Waals surface area contributed by atoms with Gasteiger partial charge in [0, 0.05) is 12.6 Å². The number of nitrogens with zero attached hydrogens (tertiary/aromatic N) is 1.